The molecule has 0 spiro atoms. The second kappa shape index (κ2) is 6.75. The minimum absolute atomic E-state index is 0.0133. The molecule has 0 aliphatic carbocycles. The summed E-state index contributed by atoms with van der Waals surface area (Å²) in [6, 6.07) is 6.66. The number of amides is 1. The quantitative estimate of drug-likeness (QED) is 0.562. The highest BCUT2D eigenvalue weighted by molar-refractivity contribution is 5.79. The van der Waals surface area contributed by atoms with Gasteiger partial charge >= 0.3 is 5.97 Å². The van der Waals surface area contributed by atoms with Crippen LogP contribution in [-0.4, -0.2) is 36.5 Å². The first-order chi connectivity index (χ1) is 8.93. The number of rotatable bonds is 6. The number of hydrogen-bond donors (Lipinski definition) is 2. The van der Waals surface area contributed by atoms with Gasteiger partial charge in [-0.25, -0.2) is 0 Å². The van der Waals surface area contributed by atoms with E-state index in [1.807, 2.05) is 12.1 Å². The number of esters is 1. The number of ether oxygens (including phenoxy) is 1. The van der Waals surface area contributed by atoms with Crippen LogP contribution in [0.15, 0.2) is 24.3 Å². The van der Waals surface area contributed by atoms with Crippen molar-refractivity contribution in [3.8, 4) is 0 Å². The lowest BCUT2D eigenvalue weighted by Gasteiger charge is -2.25. The maximum atomic E-state index is 11.5. The number of anilines is 1. The first-order valence-corrected chi connectivity index (χ1v) is 5.88. The Balaban J connectivity index is 2.82. The van der Waals surface area contributed by atoms with E-state index in [4.69, 9.17) is 11.5 Å². The van der Waals surface area contributed by atoms with E-state index in [1.54, 1.807) is 24.0 Å². The van der Waals surface area contributed by atoms with E-state index in [1.165, 1.54) is 7.11 Å². The molecule has 0 saturated heterocycles. The minimum atomic E-state index is -0.546. The fraction of sp³-hybridized carbons (Fsp3) is 0.385. The van der Waals surface area contributed by atoms with Crippen molar-refractivity contribution in [3.05, 3.63) is 29.8 Å². The van der Waals surface area contributed by atoms with Crippen molar-refractivity contribution in [2.45, 2.75) is 19.5 Å². The van der Waals surface area contributed by atoms with Crippen molar-refractivity contribution in [2.24, 2.45) is 5.73 Å². The Kier molecular flexibility index (Phi) is 5.32. The van der Waals surface area contributed by atoms with Gasteiger partial charge in [-0.3, -0.25) is 14.5 Å². The molecule has 4 N–H and O–H groups in total. The van der Waals surface area contributed by atoms with E-state index in [9.17, 15) is 9.59 Å². The third-order valence-electron chi connectivity index (χ3n) is 2.81. The standard InChI is InChI=1S/C13H19N3O3/c1-9(13(18)19-2)16(8-12(15)17)7-10-3-5-11(14)6-4-10/h3-6,9H,7-8,14H2,1-2H3,(H2,15,17). The molecule has 1 aromatic rings. The molecule has 1 aromatic carbocycles. The Bertz CT molecular complexity index is 445. The lowest BCUT2D eigenvalue weighted by Crippen LogP contribution is -2.43. The summed E-state index contributed by atoms with van der Waals surface area (Å²) in [5.74, 6) is -0.900. The molecule has 1 rings (SSSR count). The molecule has 1 amide bonds. The maximum Gasteiger partial charge on any atom is 0.322 e. The number of benzene rings is 1. The molecule has 0 aliphatic rings. The third kappa shape index (κ3) is 4.59. The van der Waals surface area contributed by atoms with Crippen LogP contribution >= 0.6 is 0 Å². The Morgan fingerprint density at radius 1 is 1.32 bits per heavy atom. The Hall–Kier alpha value is -2.08. The van der Waals surface area contributed by atoms with Crippen LogP contribution in [0.1, 0.15) is 12.5 Å². The van der Waals surface area contributed by atoms with E-state index < -0.39 is 17.9 Å². The highest BCUT2D eigenvalue weighted by atomic mass is 16.5. The lowest BCUT2D eigenvalue weighted by atomic mass is 10.1. The van der Waals surface area contributed by atoms with Gasteiger partial charge in [0.1, 0.15) is 6.04 Å². The summed E-state index contributed by atoms with van der Waals surface area (Å²) in [5.41, 5.74) is 12.4. The van der Waals surface area contributed by atoms with Gasteiger partial charge in [-0.1, -0.05) is 12.1 Å². The maximum absolute atomic E-state index is 11.5. The predicted molar refractivity (Wildman–Crippen MR) is 71.9 cm³/mol. The first-order valence-electron chi connectivity index (χ1n) is 5.88. The summed E-state index contributed by atoms with van der Waals surface area (Å²) in [4.78, 5) is 24.3. The van der Waals surface area contributed by atoms with Crippen LogP contribution < -0.4 is 11.5 Å². The molecule has 0 heterocycles. The number of hydrogen-bond acceptors (Lipinski definition) is 5. The smallest absolute Gasteiger partial charge is 0.322 e. The highest BCUT2D eigenvalue weighted by Gasteiger charge is 2.23. The molecule has 0 aromatic heterocycles. The molecular weight excluding hydrogens is 246 g/mol. The van der Waals surface area contributed by atoms with Crippen molar-refractivity contribution in [1.29, 1.82) is 0 Å². The van der Waals surface area contributed by atoms with E-state index in [-0.39, 0.29) is 6.54 Å². The highest BCUT2D eigenvalue weighted by Crippen LogP contribution is 2.11. The molecule has 1 atom stereocenters. The largest absolute Gasteiger partial charge is 0.468 e. The van der Waals surface area contributed by atoms with Gasteiger partial charge in [0.25, 0.3) is 0 Å². The lowest BCUT2D eigenvalue weighted by molar-refractivity contribution is -0.146. The molecule has 0 saturated carbocycles. The zero-order chi connectivity index (χ0) is 14.4. The fourth-order valence-electron chi connectivity index (χ4n) is 1.71. The van der Waals surface area contributed by atoms with Crippen LogP contribution in [0.25, 0.3) is 0 Å². The van der Waals surface area contributed by atoms with Crippen LogP contribution in [0.2, 0.25) is 0 Å². The van der Waals surface area contributed by atoms with E-state index in [0.717, 1.165) is 5.56 Å². The minimum Gasteiger partial charge on any atom is -0.468 e. The van der Waals surface area contributed by atoms with E-state index >= 15 is 0 Å². The molecule has 0 radical (unpaired) electrons. The van der Waals surface area contributed by atoms with Crippen LogP contribution in [0, 0.1) is 0 Å². The molecule has 6 nitrogen and oxygen atoms in total. The van der Waals surface area contributed by atoms with Gasteiger partial charge < -0.3 is 16.2 Å². The first kappa shape index (κ1) is 15.0. The SMILES string of the molecule is COC(=O)C(C)N(CC(N)=O)Cc1ccc(N)cc1. The van der Waals surface area contributed by atoms with E-state index in [2.05, 4.69) is 4.74 Å². The molecule has 1 unspecified atom stereocenters. The second-order valence-corrected chi connectivity index (χ2v) is 4.31. The van der Waals surface area contributed by atoms with Crippen LogP contribution in [0.5, 0.6) is 0 Å². The van der Waals surface area contributed by atoms with Crippen molar-refractivity contribution >= 4 is 17.6 Å². The fourth-order valence-corrected chi connectivity index (χ4v) is 1.71. The zero-order valence-corrected chi connectivity index (χ0v) is 11.1. The number of nitrogen functional groups attached to an aromatic ring is 1. The monoisotopic (exact) mass is 265 g/mol. The van der Waals surface area contributed by atoms with Crippen LogP contribution in [0.3, 0.4) is 0 Å². The summed E-state index contributed by atoms with van der Waals surface area (Å²) in [6.07, 6.45) is 0. The molecule has 6 heteroatoms. The summed E-state index contributed by atoms with van der Waals surface area (Å²) in [7, 11) is 1.31. The van der Waals surface area contributed by atoms with Crippen molar-refractivity contribution in [2.75, 3.05) is 19.4 Å². The summed E-state index contributed by atoms with van der Waals surface area (Å²) in [6.45, 7) is 2.08. The number of primary amides is 1. The number of carbonyl (C=O) groups is 2. The van der Waals surface area contributed by atoms with Gasteiger partial charge in [0.2, 0.25) is 5.91 Å². The van der Waals surface area contributed by atoms with Gasteiger partial charge in [0.15, 0.2) is 0 Å². The molecule has 0 fully saturated rings. The van der Waals surface area contributed by atoms with Crippen LogP contribution in [0.4, 0.5) is 5.69 Å². The molecule has 0 aliphatic heterocycles. The van der Waals surface area contributed by atoms with Gasteiger partial charge in [0.05, 0.1) is 13.7 Å². The van der Waals surface area contributed by atoms with E-state index in [0.29, 0.717) is 12.2 Å². The average Bonchev–Trinajstić information content (AvgIpc) is 2.38. The van der Waals surface area contributed by atoms with Crippen molar-refractivity contribution in [3.63, 3.8) is 0 Å². The molecular formula is C13H19N3O3. The van der Waals surface area contributed by atoms with Crippen LogP contribution in [-0.2, 0) is 20.9 Å². The Morgan fingerprint density at radius 2 is 1.89 bits per heavy atom. The molecule has 0 bridgehead atoms. The second-order valence-electron chi connectivity index (χ2n) is 4.31. The van der Waals surface area contributed by atoms with Gasteiger partial charge in [0, 0.05) is 12.2 Å². The van der Waals surface area contributed by atoms with Crippen molar-refractivity contribution < 1.29 is 14.3 Å². The summed E-state index contributed by atoms with van der Waals surface area (Å²) < 4.78 is 4.68. The Morgan fingerprint density at radius 3 is 2.37 bits per heavy atom. The predicted octanol–water partition coefficient (Wildman–Crippen LogP) is 0.118. The number of nitrogens with two attached hydrogens (primary N) is 2. The third-order valence-corrected chi connectivity index (χ3v) is 2.81. The number of nitrogens with zero attached hydrogens (tertiary/aromatic N) is 1. The van der Waals surface area contributed by atoms with Gasteiger partial charge in [-0.2, -0.15) is 0 Å². The zero-order valence-electron chi connectivity index (χ0n) is 11.1. The Labute approximate surface area is 112 Å². The van der Waals surface area contributed by atoms with Gasteiger partial charge in [-0.05, 0) is 24.6 Å². The molecule has 19 heavy (non-hydrogen) atoms. The average molecular weight is 265 g/mol. The van der Waals surface area contributed by atoms with Gasteiger partial charge in [-0.15, -0.1) is 0 Å². The van der Waals surface area contributed by atoms with Crippen molar-refractivity contribution in [1.82, 2.24) is 4.90 Å². The summed E-state index contributed by atoms with van der Waals surface area (Å²) in [5, 5.41) is 0. The normalized spacial score (nSPS) is 12.2. The topological polar surface area (TPSA) is 98.6 Å². The number of methoxy groups -OCH3 is 1. The molecule has 104 valence electrons. The summed E-state index contributed by atoms with van der Waals surface area (Å²) >= 11 is 0. The number of carbonyl (C=O) groups excluding carboxylic acids is 2.